The lowest BCUT2D eigenvalue weighted by Crippen LogP contribution is -2.09. The van der Waals surface area contributed by atoms with Gasteiger partial charge in [0.15, 0.2) is 11.5 Å². The minimum absolute atomic E-state index is 0.148. The molecule has 3 rings (SSSR count). The van der Waals surface area contributed by atoms with Crippen molar-refractivity contribution in [3.63, 3.8) is 0 Å². The van der Waals surface area contributed by atoms with Gasteiger partial charge in [0.25, 0.3) is 0 Å². The molecule has 3 aromatic carbocycles. The van der Waals surface area contributed by atoms with Crippen LogP contribution >= 0.6 is 0 Å². The van der Waals surface area contributed by atoms with Gasteiger partial charge in [0.05, 0.1) is 16.9 Å². The highest BCUT2D eigenvalue weighted by Crippen LogP contribution is 2.33. The number of anilines is 2. The molecular formula is C20H18N2O2. The van der Waals surface area contributed by atoms with E-state index in [1.807, 2.05) is 48.5 Å². The second-order valence-corrected chi connectivity index (χ2v) is 5.41. The maximum atomic E-state index is 12.8. The van der Waals surface area contributed by atoms with E-state index in [0.29, 0.717) is 29.2 Å². The third kappa shape index (κ3) is 3.22. The van der Waals surface area contributed by atoms with Crippen LogP contribution in [0.2, 0.25) is 0 Å². The number of ketones is 1. The van der Waals surface area contributed by atoms with Crippen molar-refractivity contribution >= 4 is 17.2 Å². The molecule has 0 aromatic heterocycles. The summed E-state index contributed by atoms with van der Waals surface area (Å²) in [5, 5.41) is 0. The van der Waals surface area contributed by atoms with Crippen molar-refractivity contribution in [2.24, 2.45) is 0 Å². The number of hydrogen-bond acceptors (Lipinski definition) is 4. The van der Waals surface area contributed by atoms with Crippen LogP contribution in [-0.2, 0) is 6.61 Å². The summed E-state index contributed by atoms with van der Waals surface area (Å²) in [6.07, 6.45) is 0. The zero-order chi connectivity index (χ0) is 16.9. The minimum atomic E-state index is -0.148. The molecular weight excluding hydrogens is 300 g/mol. The summed E-state index contributed by atoms with van der Waals surface area (Å²) in [5.41, 5.74) is 14.6. The number of benzene rings is 3. The molecule has 0 saturated carbocycles. The van der Waals surface area contributed by atoms with Crippen LogP contribution in [0.3, 0.4) is 0 Å². The third-order valence-corrected chi connectivity index (χ3v) is 3.74. The molecule has 0 aliphatic heterocycles. The van der Waals surface area contributed by atoms with Gasteiger partial charge in [0, 0.05) is 5.56 Å². The average Bonchev–Trinajstić information content (AvgIpc) is 2.64. The van der Waals surface area contributed by atoms with Crippen LogP contribution in [0.1, 0.15) is 21.5 Å². The Bertz CT molecular complexity index is 846. The summed E-state index contributed by atoms with van der Waals surface area (Å²) >= 11 is 0. The summed E-state index contributed by atoms with van der Waals surface area (Å²) in [7, 11) is 0. The minimum Gasteiger partial charge on any atom is -0.486 e. The van der Waals surface area contributed by atoms with Crippen LogP contribution in [0.15, 0.2) is 72.8 Å². The number of ether oxygens (including phenoxy) is 1. The third-order valence-electron chi connectivity index (χ3n) is 3.74. The predicted octanol–water partition coefficient (Wildman–Crippen LogP) is 3.66. The van der Waals surface area contributed by atoms with E-state index in [9.17, 15) is 4.79 Å². The van der Waals surface area contributed by atoms with E-state index in [1.165, 1.54) is 0 Å². The van der Waals surface area contributed by atoms with Crippen LogP contribution in [-0.4, -0.2) is 5.78 Å². The van der Waals surface area contributed by atoms with Gasteiger partial charge in [-0.05, 0) is 17.7 Å². The molecule has 0 atom stereocenters. The highest BCUT2D eigenvalue weighted by molar-refractivity contribution is 6.12. The highest BCUT2D eigenvalue weighted by Gasteiger charge is 2.18. The lowest BCUT2D eigenvalue weighted by atomic mass is 10.0. The summed E-state index contributed by atoms with van der Waals surface area (Å²) in [6.45, 7) is 0.309. The monoisotopic (exact) mass is 318 g/mol. The van der Waals surface area contributed by atoms with E-state index in [0.717, 1.165) is 5.56 Å². The molecule has 0 spiro atoms. The van der Waals surface area contributed by atoms with E-state index in [4.69, 9.17) is 16.2 Å². The molecule has 3 aromatic rings. The van der Waals surface area contributed by atoms with E-state index in [2.05, 4.69) is 0 Å². The molecule has 0 aliphatic rings. The molecule has 0 fully saturated rings. The van der Waals surface area contributed by atoms with E-state index >= 15 is 0 Å². The molecule has 0 aliphatic carbocycles. The number of hydrogen-bond donors (Lipinski definition) is 2. The number of rotatable bonds is 5. The number of nitrogen functional groups attached to an aromatic ring is 2. The Balaban J connectivity index is 1.95. The summed E-state index contributed by atoms with van der Waals surface area (Å²) in [4.78, 5) is 12.8. The first-order valence-corrected chi connectivity index (χ1v) is 7.61. The van der Waals surface area contributed by atoms with Gasteiger partial charge in [-0.2, -0.15) is 0 Å². The van der Waals surface area contributed by atoms with E-state index in [-0.39, 0.29) is 11.5 Å². The normalized spacial score (nSPS) is 10.3. The molecule has 120 valence electrons. The number of carbonyl (C=O) groups is 1. The van der Waals surface area contributed by atoms with Crippen LogP contribution in [0, 0.1) is 0 Å². The Morgan fingerprint density at radius 3 is 2.12 bits per heavy atom. The quantitative estimate of drug-likeness (QED) is 0.556. The summed E-state index contributed by atoms with van der Waals surface area (Å²) in [5.74, 6) is 0.179. The molecule has 24 heavy (non-hydrogen) atoms. The predicted molar refractivity (Wildman–Crippen MR) is 95.9 cm³/mol. The first-order valence-electron chi connectivity index (χ1n) is 7.61. The van der Waals surface area contributed by atoms with E-state index in [1.54, 1.807) is 24.3 Å². The highest BCUT2D eigenvalue weighted by atomic mass is 16.5. The Morgan fingerprint density at radius 1 is 0.833 bits per heavy atom. The second-order valence-electron chi connectivity index (χ2n) is 5.41. The first-order chi connectivity index (χ1) is 11.7. The average molecular weight is 318 g/mol. The van der Waals surface area contributed by atoms with Crippen molar-refractivity contribution < 1.29 is 9.53 Å². The Hall–Kier alpha value is -3.27. The summed E-state index contributed by atoms with van der Waals surface area (Å²) < 4.78 is 5.85. The van der Waals surface area contributed by atoms with Crippen molar-refractivity contribution in [1.29, 1.82) is 0 Å². The Kier molecular flexibility index (Phi) is 4.47. The molecule has 0 radical (unpaired) electrons. The van der Waals surface area contributed by atoms with Gasteiger partial charge in [-0.15, -0.1) is 0 Å². The van der Waals surface area contributed by atoms with Gasteiger partial charge >= 0.3 is 0 Å². The van der Waals surface area contributed by atoms with Gasteiger partial charge < -0.3 is 16.2 Å². The Morgan fingerprint density at radius 2 is 1.46 bits per heavy atom. The van der Waals surface area contributed by atoms with Gasteiger partial charge in [0.1, 0.15) is 6.61 Å². The maximum absolute atomic E-state index is 12.8. The molecule has 0 bridgehead atoms. The second kappa shape index (κ2) is 6.87. The number of carbonyl (C=O) groups excluding carboxylic acids is 1. The van der Waals surface area contributed by atoms with Crippen molar-refractivity contribution in [2.45, 2.75) is 6.61 Å². The maximum Gasteiger partial charge on any atom is 0.196 e. The molecule has 4 heteroatoms. The lowest BCUT2D eigenvalue weighted by molar-refractivity contribution is 0.103. The first kappa shape index (κ1) is 15.6. The van der Waals surface area contributed by atoms with Crippen LogP contribution in [0.5, 0.6) is 5.75 Å². The fourth-order valence-corrected chi connectivity index (χ4v) is 2.42. The molecule has 0 heterocycles. The van der Waals surface area contributed by atoms with Crippen LogP contribution < -0.4 is 16.2 Å². The zero-order valence-electron chi connectivity index (χ0n) is 13.1. The molecule has 4 N–H and O–H groups in total. The lowest BCUT2D eigenvalue weighted by Gasteiger charge is -2.15. The van der Waals surface area contributed by atoms with Gasteiger partial charge in [-0.1, -0.05) is 60.7 Å². The molecule has 0 saturated heterocycles. The smallest absolute Gasteiger partial charge is 0.196 e. The fraction of sp³-hybridized carbons (Fsp3) is 0.0500. The largest absolute Gasteiger partial charge is 0.486 e. The molecule has 4 nitrogen and oxygen atoms in total. The topological polar surface area (TPSA) is 78.3 Å². The standard InChI is InChI=1S/C20H18N2O2/c21-17-12-11-16(19(23)15-9-5-2-6-10-15)20(18(17)22)24-13-14-7-3-1-4-8-14/h1-12H,13,21-22H2. The van der Waals surface area contributed by atoms with Gasteiger partial charge in [0.2, 0.25) is 0 Å². The SMILES string of the molecule is Nc1ccc(C(=O)c2ccccc2)c(OCc2ccccc2)c1N. The Labute approximate surface area is 140 Å². The van der Waals surface area contributed by atoms with Crippen molar-refractivity contribution in [2.75, 3.05) is 11.5 Å². The van der Waals surface area contributed by atoms with Crippen molar-refractivity contribution in [1.82, 2.24) is 0 Å². The van der Waals surface area contributed by atoms with Crippen LogP contribution in [0.25, 0.3) is 0 Å². The molecule has 0 unspecified atom stereocenters. The number of nitrogens with two attached hydrogens (primary N) is 2. The van der Waals surface area contributed by atoms with Crippen LogP contribution in [0.4, 0.5) is 11.4 Å². The fourth-order valence-electron chi connectivity index (χ4n) is 2.42. The van der Waals surface area contributed by atoms with Gasteiger partial charge in [-0.3, -0.25) is 4.79 Å². The van der Waals surface area contributed by atoms with Crippen molar-refractivity contribution in [3.05, 3.63) is 89.5 Å². The molecule has 0 amide bonds. The summed E-state index contributed by atoms with van der Waals surface area (Å²) in [6, 6.07) is 22.0. The van der Waals surface area contributed by atoms with E-state index < -0.39 is 0 Å². The van der Waals surface area contributed by atoms with Gasteiger partial charge in [-0.25, -0.2) is 0 Å². The zero-order valence-corrected chi connectivity index (χ0v) is 13.1. The van der Waals surface area contributed by atoms with Crippen molar-refractivity contribution in [3.8, 4) is 5.75 Å².